The van der Waals surface area contributed by atoms with Gasteiger partial charge in [0.2, 0.25) is 0 Å². The van der Waals surface area contributed by atoms with Crippen molar-refractivity contribution in [3.05, 3.63) is 0 Å². The SMILES string of the molecule is COCCN(CCC#N)C(C)CC(=O)OC. The van der Waals surface area contributed by atoms with Crippen LogP contribution in [0.5, 0.6) is 0 Å². The first-order valence-corrected chi connectivity index (χ1v) is 5.32. The number of methoxy groups -OCH3 is 2. The van der Waals surface area contributed by atoms with Crippen LogP contribution in [0, 0.1) is 11.3 Å². The van der Waals surface area contributed by atoms with Gasteiger partial charge in [-0.1, -0.05) is 0 Å². The van der Waals surface area contributed by atoms with Gasteiger partial charge in [0, 0.05) is 32.7 Å². The summed E-state index contributed by atoms with van der Waals surface area (Å²) in [7, 11) is 3.01. The van der Waals surface area contributed by atoms with Crippen LogP contribution < -0.4 is 0 Å². The van der Waals surface area contributed by atoms with Crippen molar-refractivity contribution >= 4 is 5.97 Å². The van der Waals surface area contributed by atoms with Crippen LogP contribution in [0.4, 0.5) is 0 Å². The minimum atomic E-state index is -0.230. The summed E-state index contributed by atoms with van der Waals surface area (Å²) in [4.78, 5) is 13.2. The Morgan fingerprint density at radius 2 is 2.12 bits per heavy atom. The minimum absolute atomic E-state index is 0.0657. The van der Waals surface area contributed by atoms with E-state index in [1.807, 2.05) is 6.92 Å². The highest BCUT2D eigenvalue weighted by atomic mass is 16.5. The molecule has 0 saturated carbocycles. The molecule has 92 valence electrons. The van der Waals surface area contributed by atoms with Crippen LogP contribution in [-0.4, -0.2) is 50.8 Å². The van der Waals surface area contributed by atoms with E-state index in [0.717, 1.165) is 6.54 Å². The molecule has 0 aromatic heterocycles. The van der Waals surface area contributed by atoms with Crippen molar-refractivity contribution in [2.75, 3.05) is 33.9 Å². The summed E-state index contributed by atoms with van der Waals surface area (Å²) < 4.78 is 9.61. The molecule has 5 nitrogen and oxygen atoms in total. The van der Waals surface area contributed by atoms with Gasteiger partial charge in [-0.05, 0) is 6.92 Å². The summed E-state index contributed by atoms with van der Waals surface area (Å²) in [5, 5.41) is 8.55. The molecule has 0 aliphatic rings. The Morgan fingerprint density at radius 3 is 2.62 bits per heavy atom. The van der Waals surface area contributed by atoms with Crippen molar-refractivity contribution in [2.24, 2.45) is 0 Å². The number of nitrogens with zero attached hydrogens (tertiary/aromatic N) is 2. The van der Waals surface area contributed by atoms with Gasteiger partial charge < -0.3 is 9.47 Å². The zero-order valence-electron chi connectivity index (χ0n) is 10.2. The third-order valence-electron chi connectivity index (χ3n) is 2.41. The first-order chi connectivity index (χ1) is 7.65. The molecule has 0 bridgehead atoms. The van der Waals surface area contributed by atoms with Crippen LogP contribution in [0.1, 0.15) is 19.8 Å². The van der Waals surface area contributed by atoms with Crippen LogP contribution in [0.15, 0.2) is 0 Å². The molecule has 0 aromatic rings. The topological polar surface area (TPSA) is 62.6 Å². The van der Waals surface area contributed by atoms with Gasteiger partial charge >= 0.3 is 5.97 Å². The van der Waals surface area contributed by atoms with Crippen LogP contribution in [0.3, 0.4) is 0 Å². The highest BCUT2D eigenvalue weighted by Gasteiger charge is 2.16. The van der Waals surface area contributed by atoms with Gasteiger partial charge in [-0.25, -0.2) is 0 Å². The molecule has 5 heteroatoms. The molecular formula is C11H20N2O3. The molecule has 0 amide bonds. The Hall–Kier alpha value is -1.12. The van der Waals surface area contributed by atoms with E-state index in [2.05, 4.69) is 15.7 Å². The van der Waals surface area contributed by atoms with Crippen molar-refractivity contribution in [3.8, 4) is 6.07 Å². The van der Waals surface area contributed by atoms with E-state index in [9.17, 15) is 4.79 Å². The van der Waals surface area contributed by atoms with E-state index < -0.39 is 0 Å². The van der Waals surface area contributed by atoms with E-state index in [0.29, 0.717) is 26.0 Å². The maximum absolute atomic E-state index is 11.1. The summed E-state index contributed by atoms with van der Waals surface area (Å²) in [6.07, 6.45) is 0.793. The maximum Gasteiger partial charge on any atom is 0.307 e. The lowest BCUT2D eigenvalue weighted by Gasteiger charge is -2.27. The number of hydrogen-bond acceptors (Lipinski definition) is 5. The van der Waals surface area contributed by atoms with Gasteiger partial charge in [0.1, 0.15) is 0 Å². The van der Waals surface area contributed by atoms with Crippen LogP contribution in [0.25, 0.3) is 0 Å². The molecule has 0 heterocycles. The van der Waals surface area contributed by atoms with Crippen LogP contribution in [0.2, 0.25) is 0 Å². The minimum Gasteiger partial charge on any atom is -0.469 e. The molecule has 0 aliphatic carbocycles. The Kier molecular flexibility index (Phi) is 8.49. The molecule has 1 unspecified atom stereocenters. The molecule has 0 aromatic carbocycles. The Morgan fingerprint density at radius 1 is 1.44 bits per heavy atom. The summed E-state index contributed by atoms with van der Waals surface area (Å²) in [5.74, 6) is -0.230. The van der Waals surface area contributed by atoms with E-state index in [1.54, 1.807) is 7.11 Å². The van der Waals surface area contributed by atoms with E-state index >= 15 is 0 Å². The van der Waals surface area contributed by atoms with Gasteiger partial charge in [0.25, 0.3) is 0 Å². The van der Waals surface area contributed by atoms with Gasteiger partial charge in [0.15, 0.2) is 0 Å². The zero-order chi connectivity index (χ0) is 12.4. The molecule has 0 spiro atoms. The Balaban J connectivity index is 4.14. The highest BCUT2D eigenvalue weighted by molar-refractivity contribution is 5.69. The number of hydrogen-bond donors (Lipinski definition) is 0. The fourth-order valence-corrected chi connectivity index (χ4v) is 1.41. The fraction of sp³-hybridized carbons (Fsp3) is 0.818. The van der Waals surface area contributed by atoms with Crippen molar-refractivity contribution in [1.82, 2.24) is 4.90 Å². The molecule has 16 heavy (non-hydrogen) atoms. The lowest BCUT2D eigenvalue weighted by Crippen LogP contribution is -2.38. The quantitative estimate of drug-likeness (QED) is 0.575. The number of ether oxygens (including phenoxy) is 2. The number of esters is 1. The molecule has 0 radical (unpaired) electrons. The second-order valence-electron chi connectivity index (χ2n) is 3.57. The summed E-state index contributed by atoms with van der Waals surface area (Å²) in [5.41, 5.74) is 0. The fourth-order valence-electron chi connectivity index (χ4n) is 1.41. The zero-order valence-corrected chi connectivity index (χ0v) is 10.2. The van der Waals surface area contributed by atoms with E-state index in [-0.39, 0.29) is 12.0 Å². The predicted molar refractivity (Wildman–Crippen MR) is 59.8 cm³/mol. The second kappa shape index (κ2) is 9.13. The highest BCUT2D eigenvalue weighted by Crippen LogP contribution is 2.05. The van der Waals surface area contributed by atoms with Crippen molar-refractivity contribution < 1.29 is 14.3 Å². The maximum atomic E-state index is 11.1. The average molecular weight is 228 g/mol. The smallest absolute Gasteiger partial charge is 0.307 e. The van der Waals surface area contributed by atoms with E-state index in [4.69, 9.17) is 10.00 Å². The van der Waals surface area contributed by atoms with Gasteiger partial charge in [-0.3, -0.25) is 9.69 Å². The summed E-state index contributed by atoms with van der Waals surface area (Å²) in [6, 6.07) is 2.16. The normalized spacial score (nSPS) is 12.2. The number of nitriles is 1. The lowest BCUT2D eigenvalue weighted by molar-refractivity contribution is -0.141. The predicted octanol–water partition coefficient (Wildman–Crippen LogP) is 0.800. The Labute approximate surface area is 96.9 Å². The second-order valence-corrected chi connectivity index (χ2v) is 3.57. The van der Waals surface area contributed by atoms with Crippen LogP contribution >= 0.6 is 0 Å². The standard InChI is InChI=1S/C11H20N2O3/c1-10(9-11(14)16-3)13(6-4-5-12)7-8-15-2/h10H,4,6-9H2,1-3H3. The number of rotatable bonds is 8. The summed E-state index contributed by atoms with van der Waals surface area (Å²) >= 11 is 0. The summed E-state index contributed by atoms with van der Waals surface area (Å²) in [6.45, 7) is 3.91. The lowest BCUT2D eigenvalue weighted by atomic mass is 10.2. The third-order valence-corrected chi connectivity index (χ3v) is 2.41. The molecule has 0 aliphatic heterocycles. The average Bonchev–Trinajstić information content (AvgIpc) is 2.28. The first-order valence-electron chi connectivity index (χ1n) is 5.32. The van der Waals surface area contributed by atoms with Crippen molar-refractivity contribution in [3.63, 3.8) is 0 Å². The number of carbonyl (C=O) groups excluding carboxylic acids is 1. The molecular weight excluding hydrogens is 208 g/mol. The molecule has 1 atom stereocenters. The third kappa shape index (κ3) is 6.38. The molecule has 0 rings (SSSR count). The molecule has 0 N–H and O–H groups in total. The first kappa shape index (κ1) is 14.9. The van der Waals surface area contributed by atoms with Gasteiger partial charge in [-0.15, -0.1) is 0 Å². The monoisotopic (exact) mass is 228 g/mol. The largest absolute Gasteiger partial charge is 0.469 e. The van der Waals surface area contributed by atoms with Crippen molar-refractivity contribution in [2.45, 2.75) is 25.8 Å². The molecule has 0 fully saturated rings. The number of carbonyl (C=O) groups is 1. The van der Waals surface area contributed by atoms with Gasteiger partial charge in [0.05, 0.1) is 26.2 Å². The van der Waals surface area contributed by atoms with Gasteiger partial charge in [-0.2, -0.15) is 5.26 Å². The van der Waals surface area contributed by atoms with E-state index in [1.165, 1.54) is 7.11 Å². The molecule has 0 saturated heterocycles. The van der Waals surface area contributed by atoms with Crippen molar-refractivity contribution in [1.29, 1.82) is 5.26 Å². The van der Waals surface area contributed by atoms with Crippen LogP contribution in [-0.2, 0) is 14.3 Å². The Bertz CT molecular complexity index is 238.